The van der Waals surface area contributed by atoms with Crippen LogP contribution in [0.3, 0.4) is 0 Å². The molecule has 2 aromatic carbocycles. The number of aromatic nitrogens is 1. The molecule has 1 heterocycles. The number of aliphatic hydroxyl groups is 1. The zero-order valence-electron chi connectivity index (χ0n) is 18.7. The molecule has 3 aromatic rings. The van der Waals surface area contributed by atoms with Gasteiger partial charge in [-0.3, -0.25) is 9.78 Å². The topological polar surface area (TPSA) is 79.5 Å². The molecule has 1 aliphatic carbocycles. The number of pyridine rings is 1. The van der Waals surface area contributed by atoms with Gasteiger partial charge in [0.05, 0.1) is 12.2 Å². The maximum atomic E-state index is 13.5. The smallest absolute Gasteiger partial charge is 0.255 e. The maximum Gasteiger partial charge on any atom is 0.255 e. The molecule has 6 heteroatoms. The highest BCUT2D eigenvalue weighted by molar-refractivity contribution is 6.30. The third-order valence-electron chi connectivity index (χ3n) is 6.87. The average Bonchev–Trinajstić information content (AvgIpc) is 2.87. The summed E-state index contributed by atoms with van der Waals surface area (Å²) in [5, 5.41) is 10.4. The molecule has 0 atom stereocenters. The minimum Gasteiger partial charge on any atom is -0.395 e. The first-order chi connectivity index (χ1) is 16.1. The van der Waals surface area contributed by atoms with Crippen molar-refractivity contribution in [3.63, 3.8) is 0 Å². The summed E-state index contributed by atoms with van der Waals surface area (Å²) >= 11 is 6.24. The van der Waals surface area contributed by atoms with Crippen LogP contribution in [0, 0.1) is 0 Å². The molecular weight excluding hydrogens is 434 g/mol. The fraction of sp³-hybridized carbons (Fsp3) is 0.333. The van der Waals surface area contributed by atoms with Crippen LogP contribution < -0.4 is 5.73 Å². The molecule has 172 valence electrons. The number of aliphatic hydroxyl groups excluding tert-OH is 1. The van der Waals surface area contributed by atoms with E-state index in [9.17, 15) is 9.90 Å². The van der Waals surface area contributed by atoms with Crippen molar-refractivity contribution in [2.45, 2.75) is 37.1 Å². The molecule has 33 heavy (non-hydrogen) atoms. The monoisotopic (exact) mass is 463 g/mol. The number of nitrogens with zero attached hydrogens (tertiary/aromatic N) is 2. The summed E-state index contributed by atoms with van der Waals surface area (Å²) in [7, 11) is 0. The SMILES string of the molecule is NCC1(c2cccc(Cl)c2)CCC(N(CCO)C(=O)c2cncc(-c3ccccc3)c2)CC1. The van der Waals surface area contributed by atoms with Crippen molar-refractivity contribution in [2.24, 2.45) is 5.73 Å². The van der Waals surface area contributed by atoms with Crippen LogP contribution in [0.15, 0.2) is 73.1 Å². The van der Waals surface area contributed by atoms with Crippen molar-refractivity contribution < 1.29 is 9.90 Å². The first kappa shape index (κ1) is 23.4. The van der Waals surface area contributed by atoms with Gasteiger partial charge in [-0.05, 0) is 55.0 Å². The Labute approximate surface area is 200 Å². The van der Waals surface area contributed by atoms with E-state index < -0.39 is 0 Å². The molecule has 1 aromatic heterocycles. The zero-order valence-corrected chi connectivity index (χ0v) is 19.4. The third kappa shape index (κ3) is 5.11. The lowest BCUT2D eigenvalue weighted by Gasteiger charge is -2.43. The summed E-state index contributed by atoms with van der Waals surface area (Å²) < 4.78 is 0. The molecule has 0 spiro atoms. The van der Waals surface area contributed by atoms with Gasteiger partial charge in [-0.15, -0.1) is 0 Å². The van der Waals surface area contributed by atoms with Gasteiger partial charge in [0, 0.05) is 47.5 Å². The number of hydrogen-bond donors (Lipinski definition) is 2. The molecule has 0 radical (unpaired) electrons. The molecule has 1 aliphatic rings. The van der Waals surface area contributed by atoms with Crippen LogP contribution in [0.4, 0.5) is 0 Å². The number of halogens is 1. The Morgan fingerprint density at radius 3 is 2.48 bits per heavy atom. The highest BCUT2D eigenvalue weighted by Crippen LogP contribution is 2.41. The van der Waals surface area contributed by atoms with Crippen molar-refractivity contribution >= 4 is 17.5 Å². The number of carbonyl (C=O) groups is 1. The molecule has 0 bridgehead atoms. The second kappa shape index (κ2) is 10.5. The van der Waals surface area contributed by atoms with Crippen LogP contribution in [-0.2, 0) is 5.41 Å². The normalized spacial score (nSPS) is 20.4. The van der Waals surface area contributed by atoms with Crippen LogP contribution in [-0.4, -0.2) is 46.6 Å². The number of nitrogens with two attached hydrogens (primary N) is 1. The molecule has 1 saturated carbocycles. The Bertz CT molecular complexity index is 1080. The summed E-state index contributed by atoms with van der Waals surface area (Å²) in [5.41, 5.74) is 9.73. The molecule has 4 rings (SSSR count). The van der Waals surface area contributed by atoms with E-state index in [-0.39, 0.29) is 24.0 Å². The number of rotatable bonds is 7. The van der Waals surface area contributed by atoms with Gasteiger partial charge in [-0.2, -0.15) is 0 Å². The van der Waals surface area contributed by atoms with Crippen LogP contribution >= 0.6 is 11.6 Å². The predicted octanol–water partition coefficient (Wildman–Crippen LogP) is 4.68. The van der Waals surface area contributed by atoms with Gasteiger partial charge in [0.2, 0.25) is 0 Å². The van der Waals surface area contributed by atoms with E-state index in [4.69, 9.17) is 17.3 Å². The quantitative estimate of drug-likeness (QED) is 0.533. The Kier molecular flexibility index (Phi) is 7.43. The summed E-state index contributed by atoms with van der Waals surface area (Å²) in [5.74, 6) is -0.0951. The van der Waals surface area contributed by atoms with Gasteiger partial charge in [0.25, 0.3) is 5.91 Å². The van der Waals surface area contributed by atoms with Gasteiger partial charge in [-0.1, -0.05) is 54.1 Å². The van der Waals surface area contributed by atoms with Crippen molar-refractivity contribution in [2.75, 3.05) is 19.7 Å². The maximum absolute atomic E-state index is 13.5. The lowest BCUT2D eigenvalue weighted by atomic mass is 9.68. The minimum absolute atomic E-state index is 0.0453. The Morgan fingerprint density at radius 1 is 1.06 bits per heavy atom. The highest BCUT2D eigenvalue weighted by atomic mass is 35.5. The van der Waals surface area contributed by atoms with Crippen LogP contribution in [0.25, 0.3) is 11.1 Å². The van der Waals surface area contributed by atoms with Crippen molar-refractivity contribution in [1.29, 1.82) is 0 Å². The van der Waals surface area contributed by atoms with Crippen molar-refractivity contribution in [3.05, 3.63) is 89.2 Å². The van der Waals surface area contributed by atoms with Crippen molar-refractivity contribution in [3.8, 4) is 11.1 Å². The van der Waals surface area contributed by atoms with E-state index in [2.05, 4.69) is 11.1 Å². The Morgan fingerprint density at radius 2 is 1.82 bits per heavy atom. The molecular formula is C27H30ClN3O2. The third-order valence-corrected chi connectivity index (χ3v) is 7.11. The number of hydrogen-bond acceptors (Lipinski definition) is 4. The zero-order chi connectivity index (χ0) is 23.3. The largest absolute Gasteiger partial charge is 0.395 e. The van der Waals surface area contributed by atoms with Crippen LogP contribution in [0.2, 0.25) is 5.02 Å². The first-order valence-corrected chi connectivity index (χ1v) is 11.8. The van der Waals surface area contributed by atoms with Gasteiger partial charge < -0.3 is 15.7 Å². The second-order valence-corrected chi connectivity index (χ2v) is 9.21. The highest BCUT2D eigenvalue weighted by Gasteiger charge is 2.38. The number of benzene rings is 2. The average molecular weight is 464 g/mol. The van der Waals surface area contributed by atoms with Gasteiger partial charge in [-0.25, -0.2) is 0 Å². The van der Waals surface area contributed by atoms with Gasteiger partial charge >= 0.3 is 0 Å². The minimum atomic E-state index is -0.135. The molecule has 3 N–H and O–H groups in total. The summed E-state index contributed by atoms with van der Waals surface area (Å²) in [6.45, 7) is 0.757. The molecule has 0 unspecified atom stereocenters. The van der Waals surface area contributed by atoms with Crippen LogP contribution in [0.5, 0.6) is 0 Å². The van der Waals surface area contributed by atoms with Crippen LogP contribution in [0.1, 0.15) is 41.6 Å². The molecule has 1 amide bonds. The predicted molar refractivity (Wildman–Crippen MR) is 132 cm³/mol. The lowest BCUT2D eigenvalue weighted by molar-refractivity contribution is 0.0543. The van der Waals surface area contributed by atoms with Gasteiger partial charge in [0.1, 0.15) is 0 Å². The summed E-state index contributed by atoms with van der Waals surface area (Å²) in [4.78, 5) is 19.6. The van der Waals surface area contributed by atoms with Crippen molar-refractivity contribution in [1.82, 2.24) is 9.88 Å². The lowest BCUT2D eigenvalue weighted by Crippen LogP contribution is -2.48. The van der Waals surface area contributed by atoms with E-state index in [1.165, 1.54) is 0 Å². The van der Waals surface area contributed by atoms with E-state index in [0.717, 1.165) is 42.4 Å². The fourth-order valence-electron chi connectivity index (χ4n) is 4.96. The fourth-order valence-corrected chi connectivity index (χ4v) is 5.15. The Balaban J connectivity index is 1.53. The van der Waals surface area contributed by atoms with E-state index in [1.807, 2.05) is 59.5 Å². The molecule has 0 saturated heterocycles. The standard InChI is InChI=1S/C27H30ClN3O2/c28-24-8-4-7-23(16-24)27(19-29)11-9-25(10-12-27)31(13-14-32)26(33)22-15-21(17-30-18-22)20-5-2-1-3-6-20/h1-8,15-18,25,32H,9-14,19,29H2. The Hall–Kier alpha value is -2.73. The molecule has 5 nitrogen and oxygen atoms in total. The summed E-state index contributed by atoms with van der Waals surface area (Å²) in [6, 6.07) is 19.8. The van der Waals surface area contributed by atoms with E-state index in [0.29, 0.717) is 23.7 Å². The van der Waals surface area contributed by atoms with Gasteiger partial charge in [0.15, 0.2) is 0 Å². The van der Waals surface area contributed by atoms with E-state index >= 15 is 0 Å². The van der Waals surface area contributed by atoms with E-state index in [1.54, 1.807) is 12.4 Å². The molecule has 0 aliphatic heterocycles. The first-order valence-electron chi connectivity index (χ1n) is 11.4. The second-order valence-electron chi connectivity index (χ2n) is 8.78. The molecule has 1 fully saturated rings. The number of amides is 1. The summed E-state index contributed by atoms with van der Waals surface area (Å²) in [6.07, 6.45) is 6.75. The number of carbonyl (C=O) groups excluding carboxylic acids is 1.